The molecule has 0 bridgehead atoms. The molecule has 0 aliphatic carbocycles. The number of phenolic OH excluding ortho intramolecular Hbond substituents is 1. The number of hydrogen-bond acceptors (Lipinski definition) is 2. The van der Waals surface area contributed by atoms with E-state index in [0.29, 0.717) is 16.7 Å². The molecule has 1 radical (unpaired) electrons. The highest BCUT2D eigenvalue weighted by Crippen LogP contribution is 2.21. The molecule has 2 nitrogen and oxygen atoms in total. The van der Waals surface area contributed by atoms with Crippen LogP contribution in [-0.2, 0) is 4.79 Å². The molecule has 0 heterocycles. The van der Waals surface area contributed by atoms with Crippen LogP contribution in [0.2, 0.25) is 0 Å². The lowest BCUT2D eigenvalue weighted by Crippen LogP contribution is -1.86. The lowest BCUT2D eigenvalue weighted by atomic mass is 10.1. The van der Waals surface area contributed by atoms with Crippen LogP contribution < -0.4 is 0 Å². The molecule has 0 unspecified atom stereocenters. The van der Waals surface area contributed by atoms with Crippen molar-refractivity contribution in [1.29, 1.82) is 0 Å². The van der Waals surface area contributed by atoms with Gasteiger partial charge in [-0.05, 0) is 37.1 Å². The summed E-state index contributed by atoms with van der Waals surface area (Å²) >= 11 is 0. The van der Waals surface area contributed by atoms with Gasteiger partial charge in [0.2, 0.25) is 6.29 Å². The Kier molecular flexibility index (Phi) is 1.94. The molecule has 11 heavy (non-hydrogen) atoms. The van der Waals surface area contributed by atoms with Crippen LogP contribution in [0.3, 0.4) is 0 Å². The van der Waals surface area contributed by atoms with E-state index in [0.717, 1.165) is 0 Å². The van der Waals surface area contributed by atoms with Crippen molar-refractivity contribution in [2.75, 3.05) is 0 Å². The first-order chi connectivity index (χ1) is 5.15. The monoisotopic (exact) mass is 149 g/mol. The molecule has 0 aromatic heterocycles. The summed E-state index contributed by atoms with van der Waals surface area (Å²) < 4.78 is 0. The predicted octanol–water partition coefficient (Wildman–Crippen LogP) is 1.47. The summed E-state index contributed by atoms with van der Waals surface area (Å²) in [6, 6.07) is 3.21. The molecule has 0 atom stereocenters. The normalized spacial score (nSPS) is 9.64. The number of phenols is 1. The highest BCUT2D eigenvalue weighted by molar-refractivity contribution is 5.76. The van der Waals surface area contributed by atoms with Crippen molar-refractivity contribution in [3.05, 3.63) is 28.8 Å². The van der Waals surface area contributed by atoms with E-state index in [1.165, 1.54) is 0 Å². The zero-order valence-electron chi connectivity index (χ0n) is 6.51. The number of hydrogen-bond donors (Lipinski definition) is 1. The van der Waals surface area contributed by atoms with Crippen molar-refractivity contribution in [2.24, 2.45) is 0 Å². The second kappa shape index (κ2) is 2.74. The number of carbonyl (C=O) groups excluding carboxylic acids is 1. The van der Waals surface area contributed by atoms with Gasteiger partial charge in [-0.1, -0.05) is 0 Å². The van der Waals surface area contributed by atoms with Gasteiger partial charge in [-0.3, -0.25) is 4.79 Å². The Morgan fingerprint density at radius 2 is 1.73 bits per heavy atom. The standard InChI is InChI=1S/C9H9O2/c1-6-3-8(5-10)4-7(2)9(6)11/h3-4,11H,1-2H3. The summed E-state index contributed by atoms with van der Waals surface area (Å²) in [5.74, 6) is 0.254. The van der Waals surface area contributed by atoms with Gasteiger partial charge in [-0.15, -0.1) is 0 Å². The minimum absolute atomic E-state index is 0.254. The Balaban J connectivity index is 3.31. The summed E-state index contributed by atoms with van der Waals surface area (Å²) in [4.78, 5) is 10.2. The largest absolute Gasteiger partial charge is 0.507 e. The fraction of sp³-hybridized carbons (Fsp3) is 0.222. The molecule has 0 aliphatic heterocycles. The number of aromatic hydroxyl groups is 1. The third-order valence-corrected chi connectivity index (χ3v) is 1.61. The first kappa shape index (κ1) is 7.79. The van der Waals surface area contributed by atoms with E-state index in [4.69, 9.17) is 0 Å². The average Bonchev–Trinajstić information content (AvgIpc) is 1.99. The fourth-order valence-electron chi connectivity index (χ4n) is 1.01. The van der Waals surface area contributed by atoms with Gasteiger partial charge in [-0.25, -0.2) is 0 Å². The van der Waals surface area contributed by atoms with Crippen molar-refractivity contribution in [3.63, 3.8) is 0 Å². The summed E-state index contributed by atoms with van der Waals surface area (Å²) in [6.07, 6.45) is 1.77. The second-order valence-electron chi connectivity index (χ2n) is 2.56. The lowest BCUT2D eigenvalue weighted by molar-refractivity contribution is 0.467. The summed E-state index contributed by atoms with van der Waals surface area (Å²) in [7, 11) is 0. The molecule has 1 N–H and O–H groups in total. The van der Waals surface area contributed by atoms with Crippen molar-refractivity contribution in [3.8, 4) is 5.75 Å². The van der Waals surface area contributed by atoms with Gasteiger partial charge in [0.15, 0.2) is 0 Å². The Hall–Kier alpha value is -1.31. The van der Waals surface area contributed by atoms with E-state index in [1.807, 2.05) is 0 Å². The highest BCUT2D eigenvalue weighted by Gasteiger charge is 2.01. The van der Waals surface area contributed by atoms with Crippen LogP contribution in [0.4, 0.5) is 0 Å². The van der Waals surface area contributed by atoms with Crippen molar-refractivity contribution < 1.29 is 9.90 Å². The molecule has 57 valence electrons. The van der Waals surface area contributed by atoms with Crippen LogP contribution in [-0.4, -0.2) is 11.4 Å². The molecular formula is C9H9O2. The zero-order valence-corrected chi connectivity index (χ0v) is 6.51. The molecule has 0 saturated carbocycles. The number of benzene rings is 1. The number of aryl methyl sites for hydroxylation is 2. The van der Waals surface area contributed by atoms with Gasteiger partial charge in [-0.2, -0.15) is 0 Å². The maximum atomic E-state index is 10.2. The maximum Gasteiger partial charge on any atom is 0.233 e. The molecule has 1 rings (SSSR count). The molecule has 0 saturated heterocycles. The van der Waals surface area contributed by atoms with Gasteiger partial charge >= 0.3 is 0 Å². The second-order valence-corrected chi connectivity index (χ2v) is 2.56. The fourth-order valence-corrected chi connectivity index (χ4v) is 1.01. The zero-order chi connectivity index (χ0) is 8.43. The Morgan fingerprint density at radius 3 is 2.09 bits per heavy atom. The minimum atomic E-state index is 0.254. The third-order valence-electron chi connectivity index (χ3n) is 1.61. The average molecular weight is 149 g/mol. The molecule has 1 aromatic rings. The van der Waals surface area contributed by atoms with E-state index >= 15 is 0 Å². The molecule has 0 spiro atoms. The van der Waals surface area contributed by atoms with Crippen molar-refractivity contribution >= 4 is 6.29 Å². The smallest absolute Gasteiger partial charge is 0.233 e. The van der Waals surface area contributed by atoms with Gasteiger partial charge in [0.1, 0.15) is 5.75 Å². The van der Waals surface area contributed by atoms with Crippen LogP contribution in [0.5, 0.6) is 5.75 Å². The summed E-state index contributed by atoms with van der Waals surface area (Å²) in [6.45, 7) is 3.51. The van der Waals surface area contributed by atoms with Crippen LogP contribution in [0.1, 0.15) is 16.7 Å². The van der Waals surface area contributed by atoms with Crippen LogP contribution >= 0.6 is 0 Å². The lowest BCUT2D eigenvalue weighted by Gasteiger charge is -2.02. The molecule has 2 heteroatoms. The molecule has 0 fully saturated rings. The van der Waals surface area contributed by atoms with Crippen LogP contribution in [0, 0.1) is 13.8 Å². The molecule has 0 aliphatic rings. The Bertz CT molecular complexity index is 267. The predicted molar refractivity (Wildman–Crippen MR) is 42.4 cm³/mol. The SMILES string of the molecule is Cc1cc([C]=O)cc(C)c1O. The molecular weight excluding hydrogens is 140 g/mol. The van der Waals surface area contributed by atoms with Crippen LogP contribution in [0.15, 0.2) is 12.1 Å². The van der Waals surface area contributed by atoms with Gasteiger partial charge in [0.05, 0.1) is 0 Å². The van der Waals surface area contributed by atoms with Gasteiger partial charge in [0.25, 0.3) is 0 Å². The minimum Gasteiger partial charge on any atom is -0.507 e. The third kappa shape index (κ3) is 1.40. The van der Waals surface area contributed by atoms with Crippen molar-refractivity contribution in [2.45, 2.75) is 13.8 Å². The first-order valence-corrected chi connectivity index (χ1v) is 3.33. The van der Waals surface area contributed by atoms with Gasteiger partial charge < -0.3 is 5.11 Å². The van der Waals surface area contributed by atoms with Crippen LogP contribution in [0.25, 0.3) is 0 Å². The van der Waals surface area contributed by atoms with E-state index in [-0.39, 0.29) is 5.75 Å². The molecule has 0 amide bonds. The Labute approximate surface area is 65.5 Å². The summed E-state index contributed by atoms with van der Waals surface area (Å²) in [5, 5.41) is 9.30. The summed E-state index contributed by atoms with van der Waals surface area (Å²) in [5.41, 5.74) is 1.91. The molecule has 1 aromatic carbocycles. The quantitative estimate of drug-likeness (QED) is 0.656. The Morgan fingerprint density at radius 1 is 1.27 bits per heavy atom. The van der Waals surface area contributed by atoms with E-state index in [9.17, 15) is 9.90 Å². The van der Waals surface area contributed by atoms with E-state index in [1.54, 1.807) is 32.3 Å². The highest BCUT2D eigenvalue weighted by atomic mass is 16.3. The van der Waals surface area contributed by atoms with Crippen molar-refractivity contribution in [1.82, 2.24) is 0 Å². The maximum absolute atomic E-state index is 10.2. The van der Waals surface area contributed by atoms with Gasteiger partial charge in [0, 0.05) is 5.56 Å². The first-order valence-electron chi connectivity index (χ1n) is 3.33. The number of rotatable bonds is 1. The van der Waals surface area contributed by atoms with E-state index < -0.39 is 0 Å². The van der Waals surface area contributed by atoms with E-state index in [2.05, 4.69) is 0 Å². The topological polar surface area (TPSA) is 37.3 Å².